The number of rotatable bonds is 3. The molecule has 19 heavy (non-hydrogen) atoms. The van der Waals surface area contributed by atoms with E-state index in [9.17, 15) is 0 Å². The van der Waals surface area contributed by atoms with E-state index in [2.05, 4.69) is 21.3 Å². The first kappa shape index (κ1) is 13.6. The van der Waals surface area contributed by atoms with Crippen molar-refractivity contribution in [2.24, 2.45) is 5.92 Å². The lowest BCUT2D eigenvalue weighted by Gasteiger charge is -2.43. The minimum Gasteiger partial charge on any atom is -0.314 e. The van der Waals surface area contributed by atoms with E-state index in [0.717, 1.165) is 37.7 Å². The summed E-state index contributed by atoms with van der Waals surface area (Å²) in [5, 5.41) is 4.45. The highest BCUT2D eigenvalue weighted by Crippen LogP contribution is 2.43. The highest BCUT2D eigenvalue weighted by Gasteiger charge is 2.34. The summed E-state index contributed by atoms with van der Waals surface area (Å²) in [5.41, 5.74) is 1.15. The van der Waals surface area contributed by atoms with Crippen molar-refractivity contribution < 1.29 is 0 Å². The summed E-state index contributed by atoms with van der Waals surface area (Å²) in [6, 6.07) is 4.33. The summed E-state index contributed by atoms with van der Waals surface area (Å²) in [7, 11) is 0. The van der Waals surface area contributed by atoms with Crippen molar-refractivity contribution in [3.8, 4) is 0 Å². The van der Waals surface area contributed by atoms with E-state index in [1.54, 1.807) is 0 Å². The average molecular weight is 300 g/mol. The van der Waals surface area contributed by atoms with Crippen LogP contribution in [0.15, 0.2) is 12.1 Å². The molecule has 0 aromatic carbocycles. The van der Waals surface area contributed by atoms with Crippen LogP contribution < -0.4 is 5.32 Å². The lowest BCUT2D eigenvalue weighted by molar-refractivity contribution is 0.0835. The second kappa shape index (κ2) is 5.96. The summed E-state index contributed by atoms with van der Waals surface area (Å²) in [4.78, 5) is 6.77. The molecule has 0 bridgehead atoms. The maximum absolute atomic E-state index is 6.33. The van der Waals surface area contributed by atoms with Crippen molar-refractivity contribution in [3.63, 3.8) is 0 Å². The molecule has 1 atom stereocenters. The van der Waals surface area contributed by atoms with E-state index in [1.165, 1.54) is 19.3 Å². The van der Waals surface area contributed by atoms with Crippen LogP contribution in [0.5, 0.6) is 0 Å². The molecule has 1 aromatic heterocycles. The Morgan fingerprint density at radius 1 is 1.21 bits per heavy atom. The van der Waals surface area contributed by atoms with Gasteiger partial charge in [-0.05, 0) is 24.8 Å². The SMILES string of the molecule is Clc1ccc([C@H](C2CCC2)N2CCNCC2)c(Cl)n1. The van der Waals surface area contributed by atoms with E-state index in [4.69, 9.17) is 23.2 Å². The smallest absolute Gasteiger partial charge is 0.135 e. The predicted molar refractivity (Wildman–Crippen MR) is 78.8 cm³/mol. The van der Waals surface area contributed by atoms with E-state index in [1.807, 2.05) is 6.07 Å². The molecule has 2 heterocycles. The van der Waals surface area contributed by atoms with Gasteiger partial charge in [0.15, 0.2) is 0 Å². The van der Waals surface area contributed by atoms with Gasteiger partial charge in [0, 0.05) is 37.8 Å². The van der Waals surface area contributed by atoms with Gasteiger partial charge < -0.3 is 5.32 Å². The van der Waals surface area contributed by atoms with E-state index >= 15 is 0 Å². The number of halogens is 2. The fraction of sp³-hybridized carbons (Fsp3) is 0.643. The number of hydrogen-bond donors (Lipinski definition) is 1. The van der Waals surface area contributed by atoms with Gasteiger partial charge in [-0.15, -0.1) is 0 Å². The Kier molecular flexibility index (Phi) is 4.27. The van der Waals surface area contributed by atoms with Crippen LogP contribution in [0.3, 0.4) is 0 Å². The number of nitrogens with one attached hydrogen (secondary N) is 1. The minimum atomic E-state index is 0.410. The monoisotopic (exact) mass is 299 g/mol. The van der Waals surface area contributed by atoms with Gasteiger partial charge in [0.25, 0.3) is 0 Å². The molecule has 1 saturated heterocycles. The molecule has 1 aliphatic heterocycles. The van der Waals surface area contributed by atoms with E-state index in [-0.39, 0.29) is 0 Å². The summed E-state index contributed by atoms with van der Waals surface area (Å²) in [6.45, 7) is 4.28. The van der Waals surface area contributed by atoms with Gasteiger partial charge >= 0.3 is 0 Å². The Hall–Kier alpha value is -0.350. The lowest BCUT2D eigenvalue weighted by Crippen LogP contribution is -2.48. The van der Waals surface area contributed by atoms with Crippen LogP contribution in [0.1, 0.15) is 30.9 Å². The molecule has 104 valence electrons. The Morgan fingerprint density at radius 3 is 2.53 bits per heavy atom. The Morgan fingerprint density at radius 2 is 1.95 bits per heavy atom. The first-order valence-corrected chi connectivity index (χ1v) is 7.78. The second-order valence-corrected chi connectivity index (χ2v) is 6.18. The van der Waals surface area contributed by atoms with Gasteiger partial charge in [-0.25, -0.2) is 4.98 Å². The summed E-state index contributed by atoms with van der Waals surface area (Å²) in [5.74, 6) is 0.721. The van der Waals surface area contributed by atoms with Gasteiger partial charge in [0.2, 0.25) is 0 Å². The molecule has 0 spiro atoms. The summed E-state index contributed by atoms with van der Waals surface area (Å²) in [6.07, 6.45) is 3.94. The van der Waals surface area contributed by atoms with Crippen molar-refractivity contribution in [2.75, 3.05) is 26.2 Å². The van der Waals surface area contributed by atoms with E-state index in [0.29, 0.717) is 16.3 Å². The first-order valence-electron chi connectivity index (χ1n) is 7.02. The Labute approximate surface area is 124 Å². The van der Waals surface area contributed by atoms with Crippen molar-refractivity contribution in [2.45, 2.75) is 25.3 Å². The van der Waals surface area contributed by atoms with Crippen LogP contribution in [0, 0.1) is 5.92 Å². The highest BCUT2D eigenvalue weighted by atomic mass is 35.5. The third-order valence-corrected chi connectivity index (χ3v) is 4.82. The topological polar surface area (TPSA) is 28.2 Å². The molecule has 2 aliphatic rings. The second-order valence-electron chi connectivity index (χ2n) is 5.44. The van der Waals surface area contributed by atoms with Gasteiger partial charge in [-0.2, -0.15) is 0 Å². The molecular weight excluding hydrogens is 281 g/mol. The maximum Gasteiger partial charge on any atom is 0.135 e. The number of pyridine rings is 1. The third kappa shape index (κ3) is 2.89. The summed E-state index contributed by atoms with van der Waals surface area (Å²) >= 11 is 12.2. The van der Waals surface area contributed by atoms with Gasteiger partial charge in [0.05, 0.1) is 0 Å². The van der Waals surface area contributed by atoms with Crippen LogP contribution in [-0.2, 0) is 0 Å². The number of piperazine rings is 1. The fourth-order valence-electron chi connectivity index (χ4n) is 3.11. The normalized spacial score (nSPS) is 23.1. The van der Waals surface area contributed by atoms with Gasteiger partial charge in [0.1, 0.15) is 10.3 Å². The zero-order chi connectivity index (χ0) is 13.2. The number of hydrogen-bond acceptors (Lipinski definition) is 3. The molecule has 3 nitrogen and oxygen atoms in total. The van der Waals surface area contributed by atoms with Crippen molar-refractivity contribution in [1.29, 1.82) is 0 Å². The van der Waals surface area contributed by atoms with Crippen molar-refractivity contribution >= 4 is 23.2 Å². The molecule has 5 heteroatoms. The largest absolute Gasteiger partial charge is 0.314 e. The van der Waals surface area contributed by atoms with Crippen molar-refractivity contribution in [3.05, 3.63) is 28.0 Å². The fourth-order valence-corrected chi connectivity index (χ4v) is 3.56. The Balaban J connectivity index is 1.88. The number of aromatic nitrogens is 1. The van der Waals surface area contributed by atoms with Crippen LogP contribution in [0.25, 0.3) is 0 Å². The molecule has 1 N–H and O–H groups in total. The predicted octanol–water partition coefficient (Wildman–Crippen LogP) is 3.13. The first-order chi connectivity index (χ1) is 9.25. The standard InChI is InChI=1S/C14H19Cl2N3/c15-12-5-4-11(14(16)18-12)13(10-2-1-3-10)19-8-6-17-7-9-19/h4-5,10,13,17H,1-3,6-9H2/t13-/m0/s1. The third-order valence-electron chi connectivity index (χ3n) is 4.30. The van der Waals surface area contributed by atoms with Gasteiger partial charge in [-0.3, -0.25) is 4.90 Å². The van der Waals surface area contributed by atoms with Crippen LogP contribution >= 0.6 is 23.2 Å². The molecule has 0 amide bonds. The molecule has 1 saturated carbocycles. The quantitative estimate of drug-likeness (QED) is 0.869. The van der Waals surface area contributed by atoms with Crippen molar-refractivity contribution in [1.82, 2.24) is 15.2 Å². The van der Waals surface area contributed by atoms with Gasteiger partial charge in [-0.1, -0.05) is 35.7 Å². The summed E-state index contributed by atoms with van der Waals surface area (Å²) < 4.78 is 0. The molecule has 0 radical (unpaired) electrons. The van der Waals surface area contributed by atoms with Crippen LogP contribution in [0.2, 0.25) is 10.3 Å². The highest BCUT2D eigenvalue weighted by molar-refractivity contribution is 6.32. The molecule has 2 fully saturated rings. The lowest BCUT2D eigenvalue weighted by atomic mass is 9.76. The average Bonchev–Trinajstić information content (AvgIpc) is 2.35. The van der Waals surface area contributed by atoms with Crippen LogP contribution in [-0.4, -0.2) is 36.1 Å². The zero-order valence-corrected chi connectivity index (χ0v) is 12.4. The molecule has 3 rings (SSSR count). The molecular formula is C14H19Cl2N3. The number of nitrogens with zero attached hydrogens (tertiary/aromatic N) is 2. The minimum absolute atomic E-state index is 0.410. The molecule has 1 aromatic rings. The zero-order valence-electron chi connectivity index (χ0n) is 10.9. The van der Waals surface area contributed by atoms with Crippen LogP contribution in [0.4, 0.5) is 0 Å². The molecule has 1 aliphatic carbocycles. The molecule has 0 unspecified atom stereocenters. The Bertz CT molecular complexity index is 442. The maximum atomic E-state index is 6.33. The van der Waals surface area contributed by atoms with E-state index < -0.39 is 0 Å².